The summed E-state index contributed by atoms with van der Waals surface area (Å²) in [5, 5.41) is 7.74. The number of nitrogens with zero attached hydrogens (tertiary/aromatic N) is 1. The average Bonchev–Trinajstić information content (AvgIpc) is 2.38. The summed E-state index contributed by atoms with van der Waals surface area (Å²) >= 11 is 0. The van der Waals surface area contributed by atoms with Crippen molar-refractivity contribution < 1.29 is 0 Å². The molecular weight excluding hydrogens is 222 g/mol. The zero-order valence-electron chi connectivity index (χ0n) is 11.4. The SMILES string of the molecule is CCC1CCCCN1c1cc(C)ccc1C(=N)N. The molecule has 1 aromatic carbocycles. The lowest BCUT2D eigenvalue weighted by Crippen LogP contribution is -2.40. The van der Waals surface area contributed by atoms with Gasteiger partial charge in [-0.2, -0.15) is 0 Å². The lowest BCUT2D eigenvalue weighted by Gasteiger charge is -2.38. The maximum Gasteiger partial charge on any atom is 0.124 e. The highest BCUT2D eigenvalue weighted by Crippen LogP contribution is 2.30. The zero-order valence-corrected chi connectivity index (χ0v) is 11.4. The Hall–Kier alpha value is -1.51. The quantitative estimate of drug-likeness (QED) is 0.635. The molecule has 98 valence electrons. The van der Waals surface area contributed by atoms with Gasteiger partial charge >= 0.3 is 0 Å². The summed E-state index contributed by atoms with van der Waals surface area (Å²) < 4.78 is 0. The van der Waals surface area contributed by atoms with Crippen molar-refractivity contribution in [2.45, 2.75) is 45.6 Å². The van der Waals surface area contributed by atoms with Crippen molar-refractivity contribution >= 4 is 11.5 Å². The van der Waals surface area contributed by atoms with Crippen LogP contribution in [0, 0.1) is 12.3 Å². The molecule has 1 unspecified atom stereocenters. The number of nitrogens with one attached hydrogen (secondary N) is 1. The van der Waals surface area contributed by atoms with Crippen molar-refractivity contribution in [3.05, 3.63) is 29.3 Å². The van der Waals surface area contributed by atoms with E-state index in [2.05, 4.69) is 24.8 Å². The number of hydrogen-bond acceptors (Lipinski definition) is 2. The number of anilines is 1. The van der Waals surface area contributed by atoms with Crippen molar-refractivity contribution in [1.29, 1.82) is 5.41 Å². The number of benzene rings is 1. The third kappa shape index (κ3) is 2.50. The summed E-state index contributed by atoms with van der Waals surface area (Å²) in [6, 6.07) is 6.78. The van der Waals surface area contributed by atoms with Crippen LogP contribution in [-0.4, -0.2) is 18.4 Å². The zero-order chi connectivity index (χ0) is 13.1. The summed E-state index contributed by atoms with van der Waals surface area (Å²) in [6.45, 7) is 5.42. The highest BCUT2D eigenvalue weighted by molar-refractivity contribution is 6.00. The smallest absolute Gasteiger partial charge is 0.124 e. The Morgan fingerprint density at radius 2 is 2.22 bits per heavy atom. The minimum atomic E-state index is 0.172. The summed E-state index contributed by atoms with van der Waals surface area (Å²) in [6.07, 6.45) is 4.96. The third-order valence-corrected chi connectivity index (χ3v) is 3.85. The Kier molecular flexibility index (Phi) is 3.90. The maximum atomic E-state index is 7.74. The van der Waals surface area contributed by atoms with E-state index in [1.165, 1.54) is 24.8 Å². The fourth-order valence-corrected chi connectivity index (χ4v) is 2.85. The normalized spacial score (nSPS) is 19.9. The van der Waals surface area contributed by atoms with Crippen LogP contribution < -0.4 is 10.6 Å². The van der Waals surface area contributed by atoms with Gasteiger partial charge < -0.3 is 10.6 Å². The summed E-state index contributed by atoms with van der Waals surface area (Å²) in [7, 11) is 0. The molecule has 1 heterocycles. The predicted octanol–water partition coefficient (Wildman–Crippen LogP) is 3.05. The molecule has 0 aromatic heterocycles. The van der Waals surface area contributed by atoms with Gasteiger partial charge in [0.25, 0.3) is 0 Å². The van der Waals surface area contributed by atoms with E-state index in [4.69, 9.17) is 11.1 Å². The Bertz CT molecular complexity index is 439. The highest BCUT2D eigenvalue weighted by Gasteiger charge is 2.23. The second-order valence-corrected chi connectivity index (χ2v) is 5.19. The van der Waals surface area contributed by atoms with E-state index < -0.39 is 0 Å². The molecule has 3 N–H and O–H groups in total. The van der Waals surface area contributed by atoms with Gasteiger partial charge in [0.15, 0.2) is 0 Å². The Morgan fingerprint density at radius 3 is 2.89 bits per heavy atom. The van der Waals surface area contributed by atoms with Gasteiger partial charge in [0.2, 0.25) is 0 Å². The number of amidine groups is 1. The van der Waals surface area contributed by atoms with Gasteiger partial charge in [0.1, 0.15) is 5.84 Å². The summed E-state index contributed by atoms with van der Waals surface area (Å²) in [5.74, 6) is 0.172. The van der Waals surface area contributed by atoms with E-state index in [1.54, 1.807) is 0 Å². The van der Waals surface area contributed by atoms with Crippen LogP contribution >= 0.6 is 0 Å². The monoisotopic (exact) mass is 245 g/mol. The molecule has 3 nitrogen and oxygen atoms in total. The molecule has 1 aliphatic rings. The van der Waals surface area contributed by atoms with Crippen molar-refractivity contribution in [1.82, 2.24) is 0 Å². The van der Waals surface area contributed by atoms with Gasteiger partial charge in [-0.15, -0.1) is 0 Å². The summed E-state index contributed by atoms with van der Waals surface area (Å²) in [5.41, 5.74) is 8.97. The molecule has 2 rings (SSSR count). The first-order valence-electron chi connectivity index (χ1n) is 6.85. The number of nitrogen functional groups attached to an aromatic ring is 1. The van der Waals surface area contributed by atoms with Crippen LogP contribution in [0.4, 0.5) is 5.69 Å². The molecular formula is C15H23N3. The molecule has 0 radical (unpaired) electrons. The van der Waals surface area contributed by atoms with Crippen LogP contribution in [0.3, 0.4) is 0 Å². The summed E-state index contributed by atoms with van der Waals surface area (Å²) in [4.78, 5) is 2.45. The van der Waals surface area contributed by atoms with Crippen LogP contribution in [0.25, 0.3) is 0 Å². The second-order valence-electron chi connectivity index (χ2n) is 5.19. The van der Waals surface area contributed by atoms with Gasteiger partial charge in [0, 0.05) is 23.8 Å². The molecule has 0 saturated carbocycles. The largest absolute Gasteiger partial charge is 0.384 e. The molecule has 1 aliphatic heterocycles. The average molecular weight is 245 g/mol. The fourth-order valence-electron chi connectivity index (χ4n) is 2.85. The lowest BCUT2D eigenvalue weighted by atomic mass is 9.97. The Morgan fingerprint density at radius 1 is 1.44 bits per heavy atom. The minimum Gasteiger partial charge on any atom is -0.384 e. The van der Waals surface area contributed by atoms with Gasteiger partial charge in [-0.3, -0.25) is 5.41 Å². The number of piperidine rings is 1. The van der Waals surface area contributed by atoms with E-state index in [9.17, 15) is 0 Å². The Balaban J connectivity index is 2.41. The first kappa shape index (κ1) is 12.9. The lowest BCUT2D eigenvalue weighted by molar-refractivity contribution is 0.450. The molecule has 0 amide bonds. The number of aryl methyl sites for hydroxylation is 1. The molecule has 1 aromatic rings. The van der Waals surface area contributed by atoms with E-state index in [-0.39, 0.29) is 5.84 Å². The molecule has 0 aliphatic carbocycles. The fraction of sp³-hybridized carbons (Fsp3) is 0.533. The van der Waals surface area contributed by atoms with E-state index in [0.717, 1.165) is 24.2 Å². The van der Waals surface area contributed by atoms with Crippen LogP contribution in [0.5, 0.6) is 0 Å². The van der Waals surface area contributed by atoms with Crippen molar-refractivity contribution in [2.75, 3.05) is 11.4 Å². The molecule has 3 heteroatoms. The first-order chi connectivity index (χ1) is 8.63. The minimum absolute atomic E-state index is 0.172. The van der Waals surface area contributed by atoms with Crippen molar-refractivity contribution in [2.24, 2.45) is 5.73 Å². The topological polar surface area (TPSA) is 53.1 Å². The van der Waals surface area contributed by atoms with Gasteiger partial charge in [-0.1, -0.05) is 13.0 Å². The van der Waals surface area contributed by atoms with Crippen LogP contribution in [0.2, 0.25) is 0 Å². The van der Waals surface area contributed by atoms with E-state index in [0.29, 0.717) is 6.04 Å². The molecule has 1 fully saturated rings. The van der Waals surface area contributed by atoms with Gasteiger partial charge in [-0.25, -0.2) is 0 Å². The van der Waals surface area contributed by atoms with Crippen LogP contribution in [-0.2, 0) is 0 Å². The number of nitrogens with two attached hydrogens (primary N) is 1. The standard InChI is InChI=1S/C15H23N3/c1-3-12-6-4-5-9-18(12)14-10-11(2)7-8-13(14)15(16)17/h7-8,10,12H,3-6,9H2,1-2H3,(H3,16,17). The van der Waals surface area contributed by atoms with E-state index >= 15 is 0 Å². The first-order valence-corrected chi connectivity index (χ1v) is 6.85. The number of hydrogen-bond donors (Lipinski definition) is 2. The van der Waals surface area contributed by atoms with E-state index in [1.807, 2.05) is 12.1 Å². The predicted molar refractivity (Wildman–Crippen MR) is 77.5 cm³/mol. The van der Waals surface area contributed by atoms with Crippen LogP contribution in [0.15, 0.2) is 18.2 Å². The van der Waals surface area contributed by atoms with Crippen molar-refractivity contribution in [3.8, 4) is 0 Å². The molecule has 0 spiro atoms. The van der Waals surface area contributed by atoms with Crippen molar-refractivity contribution in [3.63, 3.8) is 0 Å². The number of rotatable bonds is 3. The molecule has 1 saturated heterocycles. The van der Waals surface area contributed by atoms with Gasteiger partial charge in [-0.05, 0) is 50.3 Å². The third-order valence-electron chi connectivity index (χ3n) is 3.85. The van der Waals surface area contributed by atoms with Gasteiger partial charge in [0.05, 0.1) is 0 Å². The highest BCUT2D eigenvalue weighted by atomic mass is 15.2. The Labute approximate surface area is 109 Å². The van der Waals surface area contributed by atoms with Crippen LogP contribution in [0.1, 0.15) is 43.7 Å². The second kappa shape index (κ2) is 5.42. The molecule has 0 bridgehead atoms. The molecule has 1 atom stereocenters. The maximum absolute atomic E-state index is 7.74. The molecule has 18 heavy (non-hydrogen) atoms.